The minimum Gasteiger partial charge on any atom is -0.490 e. The van der Waals surface area contributed by atoms with Crippen LogP contribution in [-0.4, -0.2) is 47.6 Å². The van der Waals surface area contributed by atoms with E-state index >= 15 is 0 Å². The van der Waals surface area contributed by atoms with Crippen LogP contribution in [0.25, 0.3) is 0 Å². The summed E-state index contributed by atoms with van der Waals surface area (Å²) in [5.74, 6) is -2.74. The van der Waals surface area contributed by atoms with E-state index in [1.54, 1.807) is 31.2 Å². The van der Waals surface area contributed by atoms with Crippen molar-refractivity contribution in [3.63, 3.8) is 0 Å². The van der Waals surface area contributed by atoms with Crippen LogP contribution in [0.15, 0.2) is 72.8 Å². The molecule has 11 nitrogen and oxygen atoms in total. The summed E-state index contributed by atoms with van der Waals surface area (Å²) in [6, 6.07) is 16.2. The molecule has 220 valence electrons. The van der Waals surface area contributed by atoms with Crippen LogP contribution in [0.3, 0.4) is 0 Å². The molecule has 1 aliphatic heterocycles. The number of hydrogen-bond acceptors (Lipinski definition) is 8. The number of ether oxygens (including phenoxy) is 3. The molecule has 1 aliphatic rings. The molecule has 1 saturated heterocycles. The monoisotopic (exact) mass is 579 g/mol. The summed E-state index contributed by atoms with van der Waals surface area (Å²) in [6.07, 6.45) is -1.02. The van der Waals surface area contributed by atoms with Gasteiger partial charge in [0.1, 0.15) is 18.5 Å². The summed E-state index contributed by atoms with van der Waals surface area (Å²) in [4.78, 5) is 52.7. The fourth-order valence-corrected chi connectivity index (χ4v) is 4.95. The van der Waals surface area contributed by atoms with Crippen molar-refractivity contribution in [3.8, 4) is 5.75 Å². The van der Waals surface area contributed by atoms with Crippen molar-refractivity contribution < 1.29 is 37.9 Å². The number of nitrogens with one attached hydrogen (secondary N) is 1. The Labute approximate surface area is 241 Å². The number of nitro groups is 1. The molecule has 2 amide bonds. The third kappa shape index (κ3) is 6.82. The smallest absolute Gasteiger partial charge is 0.411 e. The van der Waals surface area contributed by atoms with E-state index in [-0.39, 0.29) is 43.2 Å². The molecule has 0 radical (unpaired) electrons. The van der Waals surface area contributed by atoms with E-state index in [9.17, 15) is 28.9 Å². The number of carbonyl (C=O) groups is 3. The molecule has 3 atom stereocenters. The van der Waals surface area contributed by atoms with E-state index in [0.29, 0.717) is 11.1 Å². The number of esters is 1. The van der Waals surface area contributed by atoms with Gasteiger partial charge in [-0.2, -0.15) is 0 Å². The Bertz CT molecular complexity index is 1430. The first-order valence-electron chi connectivity index (χ1n) is 13.2. The van der Waals surface area contributed by atoms with Gasteiger partial charge in [-0.05, 0) is 48.2 Å². The molecule has 3 aromatic rings. The molecular weight excluding hydrogens is 549 g/mol. The van der Waals surface area contributed by atoms with Gasteiger partial charge >= 0.3 is 17.7 Å². The molecule has 42 heavy (non-hydrogen) atoms. The zero-order valence-corrected chi connectivity index (χ0v) is 23.0. The predicted molar refractivity (Wildman–Crippen MR) is 148 cm³/mol. The van der Waals surface area contributed by atoms with Crippen LogP contribution in [0, 0.1) is 21.8 Å². The summed E-state index contributed by atoms with van der Waals surface area (Å²) < 4.78 is 29.3. The van der Waals surface area contributed by atoms with Crippen molar-refractivity contribution in [2.45, 2.75) is 38.6 Å². The minimum atomic E-state index is -1.19. The van der Waals surface area contributed by atoms with Gasteiger partial charge in [-0.25, -0.2) is 9.18 Å². The van der Waals surface area contributed by atoms with Crippen molar-refractivity contribution in [1.82, 2.24) is 10.2 Å². The van der Waals surface area contributed by atoms with Gasteiger partial charge in [0.15, 0.2) is 5.75 Å². The van der Waals surface area contributed by atoms with E-state index in [4.69, 9.17) is 14.2 Å². The SMILES string of the molecule is CCOC(=O)C1CC(C(=O)NCc2ccc(F)cc2)N(C(=O)OCc2ccccc2)C1c1ccc(OC)c([N+](=O)[O-])c1. The number of amides is 2. The number of likely N-dealkylation sites (tertiary alicyclic amines) is 1. The molecule has 0 aliphatic carbocycles. The first kappa shape index (κ1) is 30.0. The number of rotatable bonds is 10. The lowest BCUT2D eigenvalue weighted by Crippen LogP contribution is -2.47. The van der Waals surface area contributed by atoms with Gasteiger partial charge < -0.3 is 19.5 Å². The lowest BCUT2D eigenvalue weighted by Gasteiger charge is -2.30. The standard InChI is InChI=1S/C30H30FN3O8/c1-3-41-29(36)23-16-25(28(35)32-17-19-9-12-22(31)13-10-19)33(30(37)42-18-20-7-5-4-6-8-20)27(23)21-11-14-26(40-2)24(15-21)34(38)39/h4-15,23,25,27H,3,16-18H2,1-2H3,(H,32,35). The summed E-state index contributed by atoms with van der Waals surface area (Å²) in [5.41, 5.74) is 1.16. The first-order valence-corrected chi connectivity index (χ1v) is 13.2. The van der Waals surface area contributed by atoms with Crippen LogP contribution < -0.4 is 10.1 Å². The van der Waals surface area contributed by atoms with Crippen LogP contribution in [-0.2, 0) is 32.2 Å². The molecule has 1 N–H and O–H groups in total. The quantitative estimate of drug-likeness (QED) is 0.208. The Hall–Kier alpha value is -5.00. The molecule has 3 unspecified atom stereocenters. The van der Waals surface area contributed by atoms with Gasteiger partial charge in [-0.1, -0.05) is 48.5 Å². The third-order valence-electron chi connectivity index (χ3n) is 6.92. The van der Waals surface area contributed by atoms with Crippen LogP contribution in [0.1, 0.15) is 36.1 Å². The Morgan fingerprint density at radius 1 is 1.02 bits per heavy atom. The van der Waals surface area contributed by atoms with Gasteiger partial charge in [0.05, 0.1) is 30.6 Å². The highest BCUT2D eigenvalue weighted by atomic mass is 19.1. The molecule has 4 rings (SSSR count). The lowest BCUT2D eigenvalue weighted by atomic mass is 9.92. The fourth-order valence-electron chi connectivity index (χ4n) is 4.95. The van der Waals surface area contributed by atoms with Gasteiger partial charge in [-0.15, -0.1) is 0 Å². The number of halogens is 1. The molecule has 1 heterocycles. The van der Waals surface area contributed by atoms with Crippen molar-refractivity contribution in [1.29, 1.82) is 0 Å². The topological polar surface area (TPSA) is 137 Å². The Morgan fingerprint density at radius 3 is 2.38 bits per heavy atom. The lowest BCUT2D eigenvalue weighted by molar-refractivity contribution is -0.385. The number of nitro benzene ring substituents is 1. The largest absolute Gasteiger partial charge is 0.490 e. The molecule has 3 aromatic carbocycles. The van der Waals surface area contributed by atoms with Crippen molar-refractivity contribution >= 4 is 23.7 Å². The number of nitrogens with zero attached hydrogens (tertiary/aromatic N) is 2. The number of methoxy groups -OCH3 is 1. The highest BCUT2D eigenvalue weighted by Gasteiger charge is 2.52. The van der Waals surface area contributed by atoms with E-state index < -0.39 is 46.7 Å². The van der Waals surface area contributed by atoms with Gasteiger partial charge in [0.2, 0.25) is 5.91 Å². The maximum absolute atomic E-state index is 13.7. The maximum Gasteiger partial charge on any atom is 0.411 e. The van der Waals surface area contributed by atoms with Crippen molar-refractivity contribution in [2.75, 3.05) is 13.7 Å². The molecule has 12 heteroatoms. The Balaban J connectivity index is 1.72. The second kappa shape index (κ2) is 13.6. The first-order chi connectivity index (χ1) is 20.2. The molecule has 0 bridgehead atoms. The van der Waals surface area contributed by atoms with Crippen LogP contribution in [0.4, 0.5) is 14.9 Å². The number of benzene rings is 3. The number of carbonyl (C=O) groups excluding carboxylic acids is 3. The Morgan fingerprint density at radius 2 is 1.74 bits per heavy atom. The summed E-state index contributed by atoms with van der Waals surface area (Å²) in [7, 11) is 1.29. The molecule has 1 fully saturated rings. The van der Waals surface area contributed by atoms with Crippen molar-refractivity contribution in [2.24, 2.45) is 5.92 Å². The Kier molecular flexibility index (Phi) is 9.69. The van der Waals surface area contributed by atoms with Gasteiger partial charge in [0, 0.05) is 12.6 Å². The average molecular weight is 580 g/mol. The molecule has 0 aromatic heterocycles. The average Bonchev–Trinajstić information content (AvgIpc) is 3.41. The zero-order valence-electron chi connectivity index (χ0n) is 23.0. The van der Waals surface area contributed by atoms with E-state index in [0.717, 1.165) is 4.90 Å². The van der Waals surface area contributed by atoms with E-state index in [2.05, 4.69) is 5.32 Å². The fraction of sp³-hybridized carbons (Fsp3) is 0.300. The highest BCUT2D eigenvalue weighted by molar-refractivity contribution is 5.89. The normalized spacial score (nSPS) is 17.8. The van der Waals surface area contributed by atoms with Crippen LogP contribution >= 0.6 is 0 Å². The summed E-state index contributed by atoms with van der Waals surface area (Å²) in [5, 5.41) is 14.5. The van der Waals surface area contributed by atoms with Crippen LogP contribution in [0.2, 0.25) is 0 Å². The zero-order chi connectivity index (χ0) is 30.2. The van der Waals surface area contributed by atoms with E-state index in [1.165, 1.54) is 49.6 Å². The second-order valence-electron chi connectivity index (χ2n) is 9.53. The molecule has 0 spiro atoms. The summed E-state index contributed by atoms with van der Waals surface area (Å²) >= 11 is 0. The minimum absolute atomic E-state index is 0.0128. The third-order valence-corrected chi connectivity index (χ3v) is 6.92. The summed E-state index contributed by atoms with van der Waals surface area (Å²) in [6.45, 7) is 1.59. The number of hydrogen-bond donors (Lipinski definition) is 1. The second-order valence-corrected chi connectivity index (χ2v) is 9.53. The predicted octanol–water partition coefficient (Wildman–Crippen LogP) is 4.69. The molecular formula is C30H30FN3O8. The van der Waals surface area contributed by atoms with E-state index in [1.807, 2.05) is 6.07 Å². The highest BCUT2D eigenvalue weighted by Crippen LogP contribution is 2.44. The van der Waals surface area contributed by atoms with Crippen molar-refractivity contribution in [3.05, 3.63) is 105 Å². The van der Waals surface area contributed by atoms with Gasteiger partial charge in [0.25, 0.3) is 0 Å². The van der Waals surface area contributed by atoms with Crippen LogP contribution in [0.5, 0.6) is 5.75 Å². The maximum atomic E-state index is 13.7. The van der Waals surface area contributed by atoms with Gasteiger partial charge in [-0.3, -0.25) is 24.6 Å². The molecule has 0 saturated carbocycles.